The highest BCUT2D eigenvalue weighted by molar-refractivity contribution is 6.17. The number of H-pyrrole nitrogens is 1. The first-order valence-corrected chi connectivity index (χ1v) is 11.8. The Balaban J connectivity index is 0.000000646. The number of nitrogens with zero attached hydrogens (tertiary/aromatic N) is 1. The van der Waals surface area contributed by atoms with Gasteiger partial charge in [0.2, 0.25) is 5.91 Å². The van der Waals surface area contributed by atoms with Crippen LogP contribution in [0, 0.1) is 0 Å². The Hall–Kier alpha value is -2.63. The van der Waals surface area contributed by atoms with Crippen LogP contribution in [0.1, 0.15) is 76.4 Å². The van der Waals surface area contributed by atoms with Crippen LogP contribution in [-0.2, 0) is 33.6 Å². The number of carbonyl (C=O) groups excluding carboxylic acids is 2. The topological polar surface area (TPSA) is 62.4 Å². The molecule has 1 aliphatic carbocycles. The second-order valence-electron chi connectivity index (χ2n) is 7.22. The number of aryl methyl sites for hydroxylation is 1. The SMILES string of the molecule is C/C=C\CF.CC.CC/C=C/C(=O)N1C=C(C(=O)OCC)c2[nH]c3c(c2CC1)CCCC3. The summed E-state index contributed by atoms with van der Waals surface area (Å²) in [6, 6.07) is 0. The maximum atomic E-state index is 12.5. The molecule has 0 saturated carbocycles. The van der Waals surface area contributed by atoms with E-state index in [0.29, 0.717) is 18.7 Å². The number of hydrogen-bond donors (Lipinski definition) is 1. The van der Waals surface area contributed by atoms with E-state index in [2.05, 4.69) is 4.98 Å². The zero-order valence-electron chi connectivity index (χ0n) is 20.3. The van der Waals surface area contributed by atoms with Crippen molar-refractivity contribution in [3.05, 3.63) is 53.0 Å². The van der Waals surface area contributed by atoms with Gasteiger partial charge in [-0.3, -0.25) is 4.79 Å². The normalized spacial score (nSPS) is 14.9. The van der Waals surface area contributed by atoms with Crippen molar-refractivity contribution >= 4 is 17.4 Å². The largest absolute Gasteiger partial charge is 0.462 e. The van der Waals surface area contributed by atoms with Crippen LogP contribution in [-0.4, -0.2) is 41.6 Å². The number of fused-ring (bicyclic) bond motifs is 3. The molecule has 32 heavy (non-hydrogen) atoms. The molecule has 2 heterocycles. The van der Waals surface area contributed by atoms with Crippen LogP contribution in [0.25, 0.3) is 5.57 Å². The molecule has 5 nitrogen and oxygen atoms in total. The number of carbonyl (C=O) groups is 2. The van der Waals surface area contributed by atoms with Crippen LogP contribution in [0.4, 0.5) is 4.39 Å². The summed E-state index contributed by atoms with van der Waals surface area (Å²) in [5, 5.41) is 0. The Kier molecular flexibility index (Phi) is 13.0. The van der Waals surface area contributed by atoms with E-state index in [4.69, 9.17) is 4.74 Å². The molecule has 0 atom stereocenters. The summed E-state index contributed by atoms with van der Waals surface area (Å²) in [6.07, 6.45) is 14.2. The van der Waals surface area contributed by atoms with E-state index in [9.17, 15) is 14.0 Å². The van der Waals surface area contributed by atoms with Crippen molar-refractivity contribution in [2.24, 2.45) is 0 Å². The number of nitrogens with one attached hydrogen (secondary N) is 1. The summed E-state index contributed by atoms with van der Waals surface area (Å²) in [5.74, 6) is -0.468. The molecule has 0 bridgehead atoms. The van der Waals surface area contributed by atoms with E-state index in [1.807, 2.05) is 26.8 Å². The fraction of sp³-hybridized carbons (Fsp3) is 0.538. The van der Waals surface area contributed by atoms with Crippen LogP contribution >= 0.6 is 0 Å². The Morgan fingerprint density at radius 3 is 2.44 bits per heavy atom. The minimum atomic E-state index is -0.374. The highest BCUT2D eigenvalue weighted by Gasteiger charge is 2.29. The van der Waals surface area contributed by atoms with E-state index < -0.39 is 0 Å². The highest BCUT2D eigenvalue weighted by atomic mass is 19.1. The fourth-order valence-electron chi connectivity index (χ4n) is 3.72. The molecule has 178 valence electrons. The molecule has 0 aromatic carbocycles. The lowest BCUT2D eigenvalue weighted by atomic mass is 9.92. The molecule has 1 aromatic rings. The van der Waals surface area contributed by atoms with Gasteiger partial charge in [0.25, 0.3) is 0 Å². The maximum Gasteiger partial charge on any atom is 0.341 e. The zero-order chi connectivity index (χ0) is 23.9. The predicted octanol–water partition coefficient (Wildman–Crippen LogP) is 5.71. The quantitative estimate of drug-likeness (QED) is 0.358. The smallest absolute Gasteiger partial charge is 0.341 e. The second kappa shape index (κ2) is 15.2. The van der Waals surface area contributed by atoms with Crippen LogP contribution in [0.5, 0.6) is 0 Å². The van der Waals surface area contributed by atoms with Crippen molar-refractivity contribution in [1.29, 1.82) is 0 Å². The third-order valence-corrected chi connectivity index (χ3v) is 5.17. The van der Waals surface area contributed by atoms with Gasteiger partial charge in [-0.2, -0.15) is 0 Å². The molecule has 1 aliphatic heterocycles. The Bertz CT molecular complexity index is 821. The molecule has 0 spiro atoms. The lowest BCUT2D eigenvalue weighted by molar-refractivity contribution is -0.136. The lowest BCUT2D eigenvalue weighted by Gasteiger charge is -2.17. The molecule has 0 radical (unpaired) electrons. The molecule has 1 amide bonds. The summed E-state index contributed by atoms with van der Waals surface area (Å²) in [6.45, 7) is 10.1. The number of alkyl halides is 1. The maximum absolute atomic E-state index is 12.5. The van der Waals surface area contributed by atoms with Crippen molar-refractivity contribution in [3.63, 3.8) is 0 Å². The Morgan fingerprint density at radius 2 is 1.84 bits per heavy atom. The van der Waals surface area contributed by atoms with Crippen LogP contribution < -0.4 is 0 Å². The number of aromatic amines is 1. The fourth-order valence-corrected chi connectivity index (χ4v) is 3.72. The molecule has 1 aromatic heterocycles. The third kappa shape index (κ3) is 7.50. The zero-order valence-corrected chi connectivity index (χ0v) is 20.3. The van der Waals surface area contributed by atoms with Crippen molar-refractivity contribution in [2.75, 3.05) is 19.8 Å². The molecule has 0 fully saturated rings. The second-order valence-corrected chi connectivity index (χ2v) is 7.22. The average molecular weight is 447 g/mol. The van der Waals surface area contributed by atoms with Gasteiger partial charge < -0.3 is 14.6 Å². The first-order chi connectivity index (χ1) is 15.6. The summed E-state index contributed by atoms with van der Waals surface area (Å²) >= 11 is 0. The molecule has 0 saturated heterocycles. The third-order valence-electron chi connectivity index (χ3n) is 5.17. The minimum Gasteiger partial charge on any atom is -0.462 e. The summed E-state index contributed by atoms with van der Waals surface area (Å²) < 4.78 is 16.2. The van der Waals surface area contributed by atoms with Gasteiger partial charge in [-0.05, 0) is 69.6 Å². The van der Waals surface area contributed by atoms with E-state index in [0.717, 1.165) is 31.4 Å². The summed E-state index contributed by atoms with van der Waals surface area (Å²) in [5.41, 5.74) is 5.08. The van der Waals surface area contributed by atoms with Crippen LogP contribution in [0.3, 0.4) is 0 Å². The van der Waals surface area contributed by atoms with Gasteiger partial charge >= 0.3 is 5.97 Å². The number of hydrogen-bond acceptors (Lipinski definition) is 3. The number of halogens is 1. The monoisotopic (exact) mass is 446 g/mol. The molecule has 3 rings (SSSR count). The van der Waals surface area contributed by atoms with Gasteiger partial charge in [0, 0.05) is 18.4 Å². The van der Waals surface area contributed by atoms with Crippen molar-refractivity contribution < 1.29 is 18.7 Å². The van der Waals surface area contributed by atoms with E-state index in [1.165, 1.54) is 35.7 Å². The number of allylic oxidation sites excluding steroid dienone is 3. The van der Waals surface area contributed by atoms with E-state index in [1.54, 1.807) is 37.1 Å². The molecule has 2 aliphatic rings. The van der Waals surface area contributed by atoms with Gasteiger partial charge in [0.15, 0.2) is 0 Å². The van der Waals surface area contributed by atoms with Crippen molar-refractivity contribution in [1.82, 2.24) is 9.88 Å². The van der Waals surface area contributed by atoms with Gasteiger partial charge in [-0.25, -0.2) is 9.18 Å². The number of aromatic nitrogens is 1. The standard InChI is InChI=1S/C20H26N2O3.C4H7F.C2H6/c1-3-5-10-18(23)22-12-11-15-14-8-6-7-9-17(14)21-19(15)16(13-22)20(24)25-4-2;1-2-3-4-5;1-2/h5,10,13,21H,3-4,6-9,11-12H2,1-2H3;2-3H,4H2,1H3;1-2H3/b10-5+;3-2-;. The Labute approximate surface area is 192 Å². The van der Waals surface area contributed by atoms with Gasteiger partial charge in [0.05, 0.1) is 17.9 Å². The number of amides is 1. The highest BCUT2D eigenvalue weighted by Crippen LogP contribution is 2.33. The molecular weight excluding hydrogens is 407 g/mol. The predicted molar refractivity (Wildman–Crippen MR) is 129 cm³/mol. The summed E-state index contributed by atoms with van der Waals surface area (Å²) in [4.78, 5) is 30.1. The molecule has 1 N–H and O–H groups in total. The van der Waals surface area contributed by atoms with Crippen LogP contribution in [0.2, 0.25) is 0 Å². The first kappa shape index (κ1) is 27.4. The summed E-state index contributed by atoms with van der Waals surface area (Å²) in [7, 11) is 0. The number of ether oxygens (including phenoxy) is 1. The van der Waals surface area contributed by atoms with Crippen molar-refractivity contribution in [2.45, 2.75) is 73.1 Å². The molecular formula is C26H39FN2O3. The lowest BCUT2D eigenvalue weighted by Crippen LogP contribution is -2.26. The Morgan fingerprint density at radius 1 is 1.12 bits per heavy atom. The van der Waals surface area contributed by atoms with E-state index in [-0.39, 0.29) is 18.6 Å². The van der Waals surface area contributed by atoms with Crippen molar-refractivity contribution in [3.8, 4) is 0 Å². The van der Waals surface area contributed by atoms with Crippen LogP contribution in [0.15, 0.2) is 30.5 Å². The van der Waals surface area contributed by atoms with Gasteiger partial charge in [0.1, 0.15) is 6.67 Å². The minimum absolute atomic E-state index is 0.0948. The molecule has 6 heteroatoms. The van der Waals surface area contributed by atoms with Gasteiger partial charge in [-0.15, -0.1) is 0 Å². The first-order valence-electron chi connectivity index (χ1n) is 11.8. The number of rotatable bonds is 5. The average Bonchev–Trinajstić information content (AvgIpc) is 3.07. The molecule has 0 unspecified atom stereocenters. The number of esters is 1. The van der Waals surface area contributed by atoms with Gasteiger partial charge in [-0.1, -0.05) is 39.0 Å². The van der Waals surface area contributed by atoms with E-state index >= 15 is 0 Å².